The molecule has 0 spiro atoms. The van der Waals surface area contributed by atoms with Gasteiger partial charge in [-0.1, -0.05) is 264 Å². The first-order valence-corrected chi connectivity index (χ1v) is 32.9. The van der Waals surface area contributed by atoms with Crippen molar-refractivity contribution in [2.45, 2.75) is 277 Å². The van der Waals surface area contributed by atoms with Crippen LogP contribution in [-0.4, -0.2) is 49.3 Å². The average molecular weight is 1090 g/mol. The number of nitrogens with two attached hydrogens (primary N) is 1. The second-order valence-corrected chi connectivity index (χ2v) is 22.0. The van der Waals surface area contributed by atoms with Crippen molar-refractivity contribution >= 4 is 19.8 Å². The van der Waals surface area contributed by atoms with E-state index in [1.54, 1.807) is 0 Å². The van der Waals surface area contributed by atoms with Crippen LogP contribution in [0.15, 0.2) is 109 Å². The van der Waals surface area contributed by atoms with Gasteiger partial charge in [-0.15, -0.1) is 0 Å². The Labute approximate surface area is 473 Å². The summed E-state index contributed by atoms with van der Waals surface area (Å²) in [5.41, 5.74) is 5.39. The number of hydrogen-bond donors (Lipinski definition) is 2. The molecule has 0 fully saturated rings. The molecule has 0 aromatic carbocycles. The first kappa shape index (κ1) is 73.7. The van der Waals surface area contributed by atoms with Crippen molar-refractivity contribution < 1.29 is 37.6 Å². The third-order valence-electron chi connectivity index (χ3n) is 13.1. The predicted molar refractivity (Wildman–Crippen MR) is 330 cm³/mol. The minimum absolute atomic E-state index is 0.0483. The van der Waals surface area contributed by atoms with Crippen LogP contribution in [0, 0.1) is 0 Å². The van der Waals surface area contributed by atoms with Gasteiger partial charge in [0.2, 0.25) is 0 Å². The minimum atomic E-state index is -4.40. The molecule has 0 radical (unpaired) electrons. The van der Waals surface area contributed by atoms with Crippen molar-refractivity contribution in [3.63, 3.8) is 0 Å². The lowest BCUT2D eigenvalue weighted by Gasteiger charge is -2.19. The van der Waals surface area contributed by atoms with Crippen LogP contribution in [0.25, 0.3) is 0 Å². The molecule has 0 amide bonds. The topological polar surface area (TPSA) is 134 Å². The number of hydrogen-bond acceptors (Lipinski definition) is 8. The monoisotopic (exact) mass is 1090 g/mol. The maximum absolute atomic E-state index is 12.7. The standard InChI is InChI=1S/C67H116NO8P/c1-3-5-7-9-11-13-15-17-19-21-23-25-26-27-28-29-30-31-32-33-34-35-36-37-38-40-42-44-46-48-50-52-54-56-58-60-67(70)76-65(64-75-77(71,72)74-62-61-68)63-73-66(69)59-57-55-53-51-49-47-45-43-41-39-24-22-20-18-16-14-12-10-8-6-4-2/h5,7,11,13,17,19,22-25,27-28,30-31,33-34,36-37,65H,3-4,6,8-10,12,14-16,18,20-21,26,29,32,35,38-64,68H2,1-2H3,(H,71,72)/b7-5-,13-11-,19-17-,24-22-,25-23-,28-27-,31-30-,34-33-,37-36-. The summed E-state index contributed by atoms with van der Waals surface area (Å²) in [6, 6.07) is 0. The Morgan fingerprint density at radius 1 is 0.403 bits per heavy atom. The van der Waals surface area contributed by atoms with Crippen LogP contribution in [0.2, 0.25) is 0 Å². The fourth-order valence-corrected chi connectivity index (χ4v) is 9.30. The van der Waals surface area contributed by atoms with E-state index >= 15 is 0 Å². The Balaban J connectivity index is 3.98. The summed E-state index contributed by atoms with van der Waals surface area (Å²) >= 11 is 0. The fraction of sp³-hybridized carbons (Fsp3) is 0.701. The number of carbonyl (C=O) groups is 2. The lowest BCUT2D eigenvalue weighted by Crippen LogP contribution is -2.29. The number of phosphoric acid groups is 1. The van der Waals surface area contributed by atoms with Gasteiger partial charge in [-0.25, -0.2) is 4.57 Å². The van der Waals surface area contributed by atoms with Crippen molar-refractivity contribution in [1.29, 1.82) is 0 Å². The fourth-order valence-electron chi connectivity index (χ4n) is 8.53. The van der Waals surface area contributed by atoms with E-state index in [1.165, 1.54) is 141 Å². The maximum atomic E-state index is 12.7. The zero-order chi connectivity index (χ0) is 55.9. The molecule has 9 nitrogen and oxygen atoms in total. The van der Waals surface area contributed by atoms with E-state index in [0.717, 1.165) is 96.3 Å². The van der Waals surface area contributed by atoms with Gasteiger partial charge in [0.15, 0.2) is 6.10 Å². The maximum Gasteiger partial charge on any atom is 0.472 e. The van der Waals surface area contributed by atoms with Crippen LogP contribution >= 0.6 is 7.82 Å². The number of ether oxygens (including phenoxy) is 2. The molecular formula is C67H116NO8P. The number of unbranched alkanes of at least 4 members (excludes halogenated alkanes) is 27. The highest BCUT2D eigenvalue weighted by molar-refractivity contribution is 7.47. The van der Waals surface area contributed by atoms with Crippen LogP contribution in [0.4, 0.5) is 0 Å². The molecule has 0 aromatic rings. The molecule has 0 rings (SSSR count). The summed E-state index contributed by atoms with van der Waals surface area (Å²) < 4.78 is 33.1. The zero-order valence-corrected chi connectivity index (χ0v) is 50.3. The first-order chi connectivity index (χ1) is 37.8. The Hall–Kier alpha value is -3.33. The van der Waals surface area contributed by atoms with Crippen molar-refractivity contribution in [2.75, 3.05) is 26.4 Å². The van der Waals surface area contributed by atoms with E-state index in [-0.39, 0.29) is 38.6 Å². The van der Waals surface area contributed by atoms with Gasteiger partial charge in [-0.2, -0.15) is 0 Å². The molecular weight excluding hydrogens is 978 g/mol. The van der Waals surface area contributed by atoms with E-state index in [1.807, 2.05) is 0 Å². The lowest BCUT2D eigenvalue weighted by molar-refractivity contribution is -0.161. The van der Waals surface area contributed by atoms with Crippen LogP contribution in [0.5, 0.6) is 0 Å². The SMILES string of the molecule is CC/C=C\C/C=C\C/C=C\C/C=C\C/C=C\C/C=C\C/C=C\C/C=C\CCCCCCCCCCCCC(=O)OC(COC(=O)CCCCCCCCCCC/C=C\CCCCCCCCCC)COP(=O)(O)OCCN. The molecule has 2 unspecified atom stereocenters. The van der Waals surface area contributed by atoms with Gasteiger partial charge >= 0.3 is 19.8 Å². The molecule has 10 heteroatoms. The minimum Gasteiger partial charge on any atom is -0.462 e. The molecule has 0 aliphatic carbocycles. The van der Waals surface area contributed by atoms with E-state index in [0.29, 0.717) is 6.42 Å². The zero-order valence-electron chi connectivity index (χ0n) is 49.4. The molecule has 2 atom stereocenters. The van der Waals surface area contributed by atoms with Crippen molar-refractivity contribution in [3.05, 3.63) is 109 Å². The second kappa shape index (κ2) is 61.9. The smallest absolute Gasteiger partial charge is 0.462 e. The van der Waals surface area contributed by atoms with Crippen LogP contribution in [0.1, 0.15) is 271 Å². The number of allylic oxidation sites excluding steroid dienone is 18. The van der Waals surface area contributed by atoms with E-state index < -0.39 is 26.5 Å². The first-order valence-electron chi connectivity index (χ1n) is 31.4. The van der Waals surface area contributed by atoms with Crippen LogP contribution in [0.3, 0.4) is 0 Å². The number of rotatable bonds is 58. The highest BCUT2D eigenvalue weighted by atomic mass is 31.2. The molecule has 0 saturated heterocycles. The third-order valence-corrected chi connectivity index (χ3v) is 14.1. The second-order valence-electron chi connectivity index (χ2n) is 20.5. The van der Waals surface area contributed by atoms with Crippen LogP contribution < -0.4 is 5.73 Å². The van der Waals surface area contributed by atoms with Gasteiger partial charge in [-0.05, 0) is 103 Å². The van der Waals surface area contributed by atoms with Gasteiger partial charge in [0.05, 0.1) is 13.2 Å². The summed E-state index contributed by atoms with van der Waals surface area (Å²) in [5.74, 6) is -0.834. The highest BCUT2D eigenvalue weighted by Gasteiger charge is 2.26. The summed E-state index contributed by atoms with van der Waals surface area (Å²) in [7, 11) is -4.40. The molecule has 77 heavy (non-hydrogen) atoms. The van der Waals surface area contributed by atoms with Crippen molar-refractivity contribution in [1.82, 2.24) is 0 Å². The number of carbonyl (C=O) groups excluding carboxylic acids is 2. The average Bonchev–Trinajstić information content (AvgIpc) is 3.42. The van der Waals surface area contributed by atoms with Crippen molar-refractivity contribution in [2.24, 2.45) is 5.73 Å². The predicted octanol–water partition coefficient (Wildman–Crippen LogP) is 20.2. The van der Waals surface area contributed by atoms with Crippen LogP contribution in [-0.2, 0) is 32.7 Å². The summed E-state index contributed by atoms with van der Waals surface area (Å²) in [5, 5.41) is 0. The van der Waals surface area contributed by atoms with E-state index in [9.17, 15) is 19.0 Å². The molecule has 0 aromatic heterocycles. The molecule has 0 bridgehead atoms. The number of esters is 2. The Bertz CT molecular complexity index is 1630. The molecule has 0 heterocycles. The third kappa shape index (κ3) is 61.7. The number of phosphoric ester groups is 1. The molecule has 3 N–H and O–H groups in total. The Kier molecular flexibility index (Phi) is 59.2. The lowest BCUT2D eigenvalue weighted by atomic mass is 10.0. The molecule has 0 aliphatic heterocycles. The van der Waals surface area contributed by atoms with Gasteiger partial charge < -0.3 is 20.1 Å². The molecule has 0 saturated carbocycles. The van der Waals surface area contributed by atoms with E-state index in [2.05, 4.69) is 123 Å². The summed E-state index contributed by atoms with van der Waals surface area (Å²) in [4.78, 5) is 35.2. The highest BCUT2D eigenvalue weighted by Crippen LogP contribution is 2.43. The normalized spacial score (nSPS) is 13.8. The van der Waals surface area contributed by atoms with Gasteiger partial charge in [0.1, 0.15) is 6.61 Å². The van der Waals surface area contributed by atoms with Crippen molar-refractivity contribution in [3.8, 4) is 0 Å². The quantitative estimate of drug-likeness (QED) is 0.0264. The van der Waals surface area contributed by atoms with Gasteiger partial charge in [0.25, 0.3) is 0 Å². The Morgan fingerprint density at radius 2 is 0.714 bits per heavy atom. The Morgan fingerprint density at radius 3 is 1.08 bits per heavy atom. The van der Waals surface area contributed by atoms with E-state index in [4.69, 9.17) is 24.3 Å². The van der Waals surface area contributed by atoms with Gasteiger partial charge in [0, 0.05) is 19.4 Å². The molecule has 0 aliphatic rings. The summed E-state index contributed by atoms with van der Waals surface area (Å²) in [6.45, 7) is 3.64. The summed E-state index contributed by atoms with van der Waals surface area (Å²) in [6.07, 6.45) is 84.3. The largest absolute Gasteiger partial charge is 0.472 e. The van der Waals surface area contributed by atoms with Gasteiger partial charge in [-0.3, -0.25) is 18.6 Å². The molecule has 442 valence electrons.